The van der Waals surface area contributed by atoms with Crippen molar-refractivity contribution in [1.29, 1.82) is 0 Å². The Labute approximate surface area is 177 Å². The number of non-ortho nitro benzene ring substituents is 1. The van der Waals surface area contributed by atoms with E-state index in [1.54, 1.807) is 13.1 Å². The molecule has 0 atom stereocenters. The van der Waals surface area contributed by atoms with Gasteiger partial charge in [-0.2, -0.15) is 4.57 Å². The van der Waals surface area contributed by atoms with Crippen molar-refractivity contribution in [2.75, 3.05) is 11.3 Å². The maximum atomic E-state index is 12.8. The Morgan fingerprint density at radius 3 is 2.60 bits per heavy atom. The number of thiazole rings is 1. The van der Waals surface area contributed by atoms with Gasteiger partial charge < -0.3 is 5.11 Å². The number of sulfonamides is 1. The summed E-state index contributed by atoms with van der Waals surface area (Å²) in [6.07, 6.45) is 2.11. The second kappa shape index (κ2) is 8.81. The third kappa shape index (κ3) is 4.78. The summed E-state index contributed by atoms with van der Waals surface area (Å²) in [5, 5.41) is 20.0. The van der Waals surface area contributed by atoms with Gasteiger partial charge in [0.2, 0.25) is 5.51 Å². The van der Waals surface area contributed by atoms with Crippen LogP contribution in [0.4, 0.5) is 11.5 Å². The van der Waals surface area contributed by atoms with Crippen molar-refractivity contribution >= 4 is 32.9 Å². The third-order valence-electron chi connectivity index (χ3n) is 4.41. The Balaban J connectivity index is 1.90. The second-order valence-electron chi connectivity index (χ2n) is 6.48. The second-order valence-corrected chi connectivity index (χ2v) is 9.10. The van der Waals surface area contributed by atoms with Crippen molar-refractivity contribution in [2.24, 2.45) is 0 Å². The molecule has 0 aliphatic heterocycles. The summed E-state index contributed by atoms with van der Waals surface area (Å²) in [5.74, 6) is 0.538. The average Bonchev–Trinajstić information content (AvgIpc) is 3.04. The Kier molecular flexibility index (Phi) is 6.39. The van der Waals surface area contributed by atoms with Gasteiger partial charge in [0.25, 0.3) is 15.7 Å². The molecule has 10 nitrogen and oxygen atoms in total. The van der Waals surface area contributed by atoms with Crippen LogP contribution >= 0.6 is 11.3 Å². The van der Waals surface area contributed by atoms with E-state index in [0.29, 0.717) is 24.4 Å². The number of nitrogens with one attached hydrogen (secondary N) is 1. The van der Waals surface area contributed by atoms with E-state index >= 15 is 0 Å². The average molecular weight is 451 g/mol. The molecule has 0 aliphatic carbocycles. The van der Waals surface area contributed by atoms with E-state index in [9.17, 15) is 18.5 Å². The summed E-state index contributed by atoms with van der Waals surface area (Å²) < 4.78 is 30.0. The van der Waals surface area contributed by atoms with Gasteiger partial charge in [0.05, 0.1) is 20.3 Å². The SMILES string of the molecule is Cc1ncc(C[n+]2csc(CCO)c2C)c(NS(=O)(=O)c2ccc([N+](=O)[O-])cc2)n1. The molecule has 1 aromatic carbocycles. The molecule has 0 spiro atoms. The minimum atomic E-state index is -4.00. The number of aliphatic hydroxyl groups is 1. The van der Waals surface area contributed by atoms with Crippen LogP contribution in [0, 0.1) is 24.0 Å². The first-order valence-electron chi connectivity index (χ1n) is 8.88. The maximum Gasteiger partial charge on any atom is 0.269 e. The van der Waals surface area contributed by atoms with E-state index in [0.717, 1.165) is 22.7 Å². The predicted octanol–water partition coefficient (Wildman–Crippen LogP) is 1.73. The first-order chi connectivity index (χ1) is 14.2. The molecule has 2 heterocycles. The van der Waals surface area contributed by atoms with Crippen molar-refractivity contribution in [3.05, 3.63) is 68.0 Å². The van der Waals surface area contributed by atoms with Crippen LogP contribution in [0.2, 0.25) is 0 Å². The lowest BCUT2D eigenvalue weighted by Gasteiger charge is -2.11. The van der Waals surface area contributed by atoms with Crippen LogP contribution in [-0.4, -0.2) is 35.0 Å². The molecule has 0 unspecified atom stereocenters. The number of anilines is 1. The molecule has 0 bridgehead atoms. The topological polar surface area (TPSA) is 139 Å². The lowest BCUT2D eigenvalue weighted by Crippen LogP contribution is -2.36. The zero-order valence-corrected chi connectivity index (χ0v) is 17.9. The van der Waals surface area contributed by atoms with Gasteiger partial charge in [-0.3, -0.25) is 14.8 Å². The number of nitro groups is 1. The van der Waals surface area contributed by atoms with Gasteiger partial charge >= 0.3 is 0 Å². The van der Waals surface area contributed by atoms with Gasteiger partial charge in [-0.15, -0.1) is 0 Å². The molecule has 0 saturated heterocycles. The summed E-state index contributed by atoms with van der Waals surface area (Å²) in [6, 6.07) is 4.61. The Morgan fingerprint density at radius 1 is 1.27 bits per heavy atom. The van der Waals surface area contributed by atoms with Crippen LogP contribution in [0.15, 0.2) is 40.9 Å². The van der Waals surface area contributed by atoms with E-state index in [4.69, 9.17) is 5.11 Å². The molecule has 0 fully saturated rings. The van der Waals surface area contributed by atoms with E-state index in [-0.39, 0.29) is 23.0 Å². The molecule has 0 amide bonds. The number of nitro benzene ring substituents is 1. The smallest absolute Gasteiger partial charge is 0.269 e. The van der Waals surface area contributed by atoms with Crippen molar-refractivity contribution in [3.8, 4) is 0 Å². The highest BCUT2D eigenvalue weighted by Crippen LogP contribution is 2.21. The number of aryl methyl sites for hydroxylation is 1. The van der Waals surface area contributed by atoms with Crippen molar-refractivity contribution < 1.29 is 23.0 Å². The summed E-state index contributed by atoms with van der Waals surface area (Å²) >= 11 is 1.51. The van der Waals surface area contributed by atoms with Crippen LogP contribution < -0.4 is 9.29 Å². The molecule has 0 saturated carbocycles. The number of rotatable bonds is 8. The largest absolute Gasteiger partial charge is 0.396 e. The van der Waals surface area contributed by atoms with Gasteiger partial charge in [0.1, 0.15) is 5.82 Å². The molecule has 2 N–H and O–H groups in total. The molecular weight excluding hydrogens is 430 g/mol. The highest BCUT2D eigenvalue weighted by Gasteiger charge is 2.22. The predicted molar refractivity (Wildman–Crippen MR) is 110 cm³/mol. The molecule has 0 radical (unpaired) electrons. The van der Waals surface area contributed by atoms with Crippen LogP contribution in [-0.2, 0) is 23.0 Å². The first kappa shape index (κ1) is 21.7. The zero-order valence-electron chi connectivity index (χ0n) is 16.3. The van der Waals surface area contributed by atoms with Crippen LogP contribution in [0.5, 0.6) is 0 Å². The molecule has 30 heavy (non-hydrogen) atoms. The molecule has 12 heteroatoms. The number of aromatic nitrogens is 3. The van der Waals surface area contributed by atoms with Crippen molar-refractivity contribution in [3.63, 3.8) is 0 Å². The number of hydrogen-bond donors (Lipinski definition) is 2. The molecule has 0 aliphatic rings. The minimum Gasteiger partial charge on any atom is -0.396 e. The fourth-order valence-corrected chi connectivity index (χ4v) is 4.79. The van der Waals surface area contributed by atoms with E-state index in [1.807, 2.05) is 17.0 Å². The van der Waals surface area contributed by atoms with Gasteiger partial charge in [-0.05, 0) is 19.1 Å². The summed E-state index contributed by atoms with van der Waals surface area (Å²) in [4.78, 5) is 19.5. The lowest BCUT2D eigenvalue weighted by molar-refractivity contribution is -0.689. The summed E-state index contributed by atoms with van der Waals surface area (Å²) in [6.45, 7) is 3.97. The van der Waals surface area contributed by atoms with Crippen LogP contribution in [0.3, 0.4) is 0 Å². The van der Waals surface area contributed by atoms with Crippen LogP contribution in [0.1, 0.15) is 22.0 Å². The molecular formula is C18H20N5O5S2+. The van der Waals surface area contributed by atoms with Crippen molar-refractivity contribution in [1.82, 2.24) is 9.97 Å². The first-order valence-corrected chi connectivity index (χ1v) is 11.2. The highest BCUT2D eigenvalue weighted by molar-refractivity contribution is 7.92. The van der Waals surface area contributed by atoms with E-state index in [1.165, 1.54) is 23.5 Å². The monoisotopic (exact) mass is 450 g/mol. The Morgan fingerprint density at radius 2 is 1.97 bits per heavy atom. The number of hydrogen-bond acceptors (Lipinski definition) is 8. The Hall–Kier alpha value is -2.96. The maximum absolute atomic E-state index is 12.8. The van der Waals surface area contributed by atoms with Gasteiger partial charge in [0.15, 0.2) is 18.1 Å². The Bertz CT molecular complexity index is 1180. The number of aliphatic hydroxyl groups excluding tert-OH is 1. The summed E-state index contributed by atoms with van der Waals surface area (Å²) in [5.41, 5.74) is 3.23. The fourth-order valence-electron chi connectivity index (χ4n) is 2.76. The standard InChI is InChI=1S/C18H20N5O5S2/c1-12-17(7-8-24)29-11-22(12)10-14-9-19-13(2)20-18(14)21-30(27,28)16-5-3-15(4-6-16)23(25)26/h3-6,9,11,24H,7-8,10H2,1-2H3,(H,19,20,21)/q+1. The fraction of sp³-hybridized carbons (Fsp3) is 0.278. The lowest BCUT2D eigenvalue weighted by atomic mass is 10.2. The van der Waals surface area contributed by atoms with Gasteiger partial charge in [-0.1, -0.05) is 11.3 Å². The zero-order chi connectivity index (χ0) is 21.9. The number of benzene rings is 1. The molecule has 3 aromatic rings. The van der Waals surface area contributed by atoms with E-state index < -0.39 is 14.9 Å². The highest BCUT2D eigenvalue weighted by atomic mass is 32.2. The van der Waals surface area contributed by atoms with Gasteiger partial charge in [0, 0.05) is 38.3 Å². The molecule has 3 rings (SSSR count). The van der Waals surface area contributed by atoms with Crippen LogP contribution in [0.25, 0.3) is 0 Å². The summed E-state index contributed by atoms with van der Waals surface area (Å²) in [7, 11) is -4.00. The van der Waals surface area contributed by atoms with Gasteiger partial charge in [-0.25, -0.2) is 18.4 Å². The quantitative estimate of drug-likeness (QED) is 0.303. The van der Waals surface area contributed by atoms with Crippen molar-refractivity contribution in [2.45, 2.75) is 31.7 Å². The normalized spacial score (nSPS) is 11.4. The third-order valence-corrected chi connectivity index (χ3v) is 6.91. The molecule has 158 valence electrons. The number of nitrogens with zero attached hydrogens (tertiary/aromatic N) is 4. The van der Waals surface area contributed by atoms with E-state index in [2.05, 4.69) is 14.7 Å². The minimum absolute atomic E-state index is 0.0509. The molecule has 2 aromatic heterocycles.